The van der Waals surface area contributed by atoms with Crippen LogP contribution in [0, 0.1) is 6.92 Å². The van der Waals surface area contributed by atoms with E-state index in [1.165, 1.54) is 5.56 Å². The van der Waals surface area contributed by atoms with Gasteiger partial charge in [-0.2, -0.15) is 0 Å². The van der Waals surface area contributed by atoms with Crippen molar-refractivity contribution in [2.45, 2.75) is 38.4 Å². The molecule has 3 atom stereocenters. The van der Waals surface area contributed by atoms with Gasteiger partial charge in [0.05, 0.1) is 6.10 Å². The molecule has 0 saturated carbocycles. The first-order valence-corrected chi connectivity index (χ1v) is 7.15. The molecule has 1 aliphatic rings. The molecule has 1 N–H and O–H groups in total. The van der Waals surface area contributed by atoms with Gasteiger partial charge in [0.25, 0.3) is 0 Å². The zero-order chi connectivity index (χ0) is 14.1. The summed E-state index contributed by atoms with van der Waals surface area (Å²) in [7, 11) is 0. The molecule has 1 heterocycles. The number of benzene rings is 2. The fraction of sp³-hybridized carbons (Fsp3) is 0.333. The van der Waals surface area contributed by atoms with E-state index in [0.29, 0.717) is 6.42 Å². The first-order chi connectivity index (χ1) is 9.65. The Morgan fingerprint density at radius 1 is 1.15 bits per heavy atom. The van der Waals surface area contributed by atoms with Crippen LogP contribution in [0.3, 0.4) is 0 Å². The summed E-state index contributed by atoms with van der Waals surface area (Å²) >= 11 is 0. The zero-order valence-corrected chi connectivity index (χ0v) is 11.9. The van der Waals surface area contributed by atoms with E-state index in [9.17, 15) is 5.11 Å². The minimum Gasteiger partial charge on any atom is -0.489 e. The van der Waals surface area contributed by atoms with E-state index < -0.39 is 6.10 Å². The highest BCUT2D eigenvalue weighted by atomic mass is 16.5. The molecule has 0 aromatic heterocycles. The van der Waals surface area contributed by atoms with Crippen LogP contribution in [-0.4, -0.2) is 11.2 Å². The molecule has 3 rings (SSSR count). The maximum absolute atomic E-state index is 10.4. The van der Waals surface area contributed by atoms with Crippen molar-refractivity contribution in [3.8, 4) is 5.75 Å². The molecule has 2 aromatic carbocycles. The third-order valence-electron chi connectivity index (χ3n) is 4.14. The normalized spacial score (nSPS) is 22.8. The van der Waals surface area contributed by atoms with Gasteiger partial charge < -0.3 is 9.84 Å². The molecule has 1 aliphatic heterocycles. The predicted octanol–water partition coefficient (Wildman–Crippen LogP) is 3.98. The highest BCUT2D eigenvalue weighted by molar-refractivity contribution is 5.40. The first-order valence-electron chi connectivity index (χ1n) is 7.15. The fourth-order valence-corrected chi connectivity index (χ4v) is 2.87. The van der Waals surface area contributed by atoms with Crippen LogP contribution in [-0.2, 0) is 0 Å². The summed E-state index contributed by atoms with van der Waals surface area (Å²) in [5, 5.41) is 10.4. The number of fused-ring (bicyclic) bond motifs is 1. The number of ether oxygens (including phenoxy) is 1. The van der Waals surface area contributed by atoms with Crippen molar-refractivity contribution in [3.63, 3.8) is 0 Å². The molecule has 0 spiro atoms. The lowest BCUT2D eigenvalue weighted by molar-refractivity contribution is 0.0546. The summed E-state index contributed by atoms with van der Waals surface area (Å²) < 4.78 is 6.11. The van der Waals surface area contributed by atoms with E-state index in [-0.39, 0.29) is 12.0 Å². The van der Waals surface area contributed by atoms with Crippen LogP contribution in [0.25, 0.3) is 0 Å². The second-order valence-electron chi connectivity index (χ2n) is 5.65. The number of rotatable bonds is 2. The predicted molar refractivity (Wildman–Crippen MR) is 80.0 cm³/mol. The van der Waals surface area contributed by atoms with Gasteiger partial charge in [0, 0.05) is 17.9 Å². The van der Waals surface area contributed by atoms with Crippen LogP contribution < -0.4 is 4.74 Å². The van der Waals surface area contributed by atoms with Crippen molar-refractivity contribution in [1.82, 2.24) is 0 Å². The molecule has 0 amide bonds. The van der Waals surface area contributed by atoms with Crippen LogP contribution in [0.15, 0.2) is 48.5 Å². The van der Waals surface area contributed by atoms with Crippen molar-refractivity contribution in [2.75, 3.05) is 0 Å². The molecule has 2 aromatic rings. The topological polar surface area (TPSA) is 29.5 Å². The number of hydrogen-bond donors (Lipinski definition) is 1. The van der Waals surface area contributed by atoms with Crippen molar-refractivity contribution < 1.29 is 9.84 Å². The summed E-state index contributed by atoms with van der Waals surface area (Å²) in [6.07, 6.45) is 0.226. The average molecular weight is 268 g/mol. The summed E-state index contributed by atoms with van der Waals surface area (Å²) in [6, 6.07) is 16.4. The van der Waals surface area contributed by atoms with Gasteiger partial charge in [-0.15, -0.1) is 0 Å². The Bertz CT molecular complexity index is 592. The zero-order valence-electron chi connectivity index (χ0n) is 11.9. The summed E-state index contributed by atoms with van der Waals surface area (Å²) in [5.41, 5.74) is 3.32. The molecular formula is C18H20O2. The molecular weight excluding hydrogens is 248 g/mol. The second-order valence-corrected chi connectivity index (χ2v) is 5.65. The lowest BCUT2D eigenvalue weighted by atomic mass is 9.88. The van der Waals surface area contributed by atoms with E-state index in [1.807, 2.05) is 43.3 Å². The molecule has 104 valence electrons. The Kier molecular flexibility index (Phi) is 3.49. The quantitative estimate of drug-likeness (QED) is 0.892. The van der Waals surface area contributed by atoms with Gasteiger partial charge in [0.15, 0.2) is 0 Å². The van der Waals surface area contributed by atoms with E-state index in [4.69, 9.17) is 4.74 Å². The number of aryl methyl sites for hydroxylation is 1. The van der Waals surface area contributed by atoms with Gasteiger partial charge in [-0.3, -0.25) is 0 Å². The smallest absolute Gasteiger partial charge is 0.125 e. The highest BCUT2D eigenvalue weighted by Gasteiger charge is 2.31. The Balaban J connectivity index is 1.86. The molecule has 0 bridgehead atoms. The van der Waals surface area contributed by atoms with Crippen molar-refractivity contribution in [3.05, 3.63) is 65.2 Å². The van der Waals surface area contributed by atoms with E-state index in [0.717, 1.165) is 16.9 Å². The number of hydrogen-bond acceptors (Lipinski definition) is 2. The molecule has 0 aliphatic carbocycles. The minimum atomic E-state index is -0.435. The Morgan fingerprint density at radius 3 is 2.65 bits per heavy atom. The minimum absolute atomic E-state index is 0.0163. The van der Waals surface area contributed by atoms with Gasteiger partial charge >= 0.3 is 0 Å². The average Bonchev–Trinajstić information content (AvgIpc) is 2.48. The maximum atomic E-state index is 10.4. The van der Waals surface area contributed by atoms with Crippen LogP contribution in [0.5, 0.6) is 5.75 Å². The van der Waals surface area contributed by atoms with Crippen LogP contribution >= 0.6 is 0 Å². The van der Waals surface area contributed by atoms with Gasteiger partial charge in [-0.05, 0) is 24.6 Å². The van der Waals surface area contributed by atoms with E-state index >= 15 is 0 Å². The Morgan fingerprint density at radius 2 is 1.90 bits per heavy atom. The SMILES string of the molecule is Cc1ccc2c(c1)[C@@H](O)CC(C(C)c1ccccc1)O2. The maximum Gasteiger partial charge on any atom is 0.125 e. The van der Waals surface area contributed by atoms with Crippen LogP contribution in [0.4, 0.5) is 0 Å². The second kappa shape index (κ2) is 5.29. The Labute approximate surface area is 120 Å². The first kappa shape index (κ1) is 13.2. The van der Waals surface area contributed by atoms with Crippen molar-refractivity contribution >= 4 is 0 Å². The van der Waals surface area contributed by atoms with Crippen LogP contribution in [0.1, 0.15) is 42.1 Å². The fourth-order valence-electron chi connectivity index (χ4n) is 2.87. The van der Waals surface area contributed by atoms with E-state index in [2.05, 4.69) is 19.1 Å². The molecule has 2 nitrogen and oxygen atoms in total. The Hall–Kier alpha value is -1.80. The molecule has 0 fully saturated rings. The molecule has 20 heavy (non-hydrogen) atoms. The van der Waals surface area contributed by atoms with Gasteiger partial charge in [-0.1, -0.05) is 48.9 Å². The third-order valence-corrected chi connectivity index (χ3v) is 4.14. The molecule has 2 heteroatoms. The van der Waals surface area contributed by atoms with Crippen LogP contribution in [0.2, 0.25) is 0 Å². The van der Waals surface area contributed by atoms with Gasteiger partial charge in [-0.25, -0.2) is 0 Å². The number of aliphatic hydroxyl groups is 1. The monoisotopic (exact) mass is 268 g/mol. The molecule has 0 radical (unpaired) electrons. The lowest BCUT2D eigenvalue weighted by Crippen LogP contribution is -2.30. The number of aliphatic hydroxyl groups excluding tert-OH is 1. The largest absolute Gasteiger partial charge is 0.489 e. The summed E-state index contributed by atoms with van der Waals surface area (Å²) in [4.78, 5) is 0. The standard InChI is InChI=1S/C18H20O2/c1-12-8-9-17-15(10-12)16(19)11-18(20-17)13(2)14-6-4-3-5-7-14/h3-10,13,16,18-19H,11H2,1-2H3/t13?,16-,18?/m0/s1. The molecule has 2 unspecified atom stereocenters. The third kappa shape index (κ3) is 2.44. The lowest BCUT2D eigenvalue weighted by Gasteiger charge is -2.33. The van der Waals surface area contributed by atoms with Crippen molar-refractivity contribution in [1.29, 1.82) is 0 Å². The summed E-state index contributed by atoms with van der Waals surface area (Å²) in [6.45, 7) is 4.19. The molecule has 0 saturated heterocycles. The van der Waals surface area contributed by atoms with Gasteiger partial charge in [0.2, 0.25) is 0 Å². The van der Waals surface area contributed by atoms with Crippen molar-refractivity contribution in [2.24, 2.45) is 0 Å². The highest BCUT2D eigenvalue weighted by Crippen LogP contribution is 2.39. The summed E-state index contributed by atoms with van der Waals surface area (Å²) in [5.74, 6) is 1.09. The van der Waals surface area contributed by atoms with Gasteiger partial charge in [0.1, 0.15) is 11.9 Å². The van der Waals surface area contributed by atoms with E-state index in [1.54, 1.807) is 0 Å².